The van der Waals surface area contributed by atoms with Crippen LogP contribution in [0.5, 0.6) is 0 Å². The summed E-state index contributed by atoms with van der Waals surface area (Å²) in [6, 6.07) is -0.484. The van der Waals surface area contributed by atoms with E-state index in [1.165, 1.54) is 0 Å². The van der Waals surface area contributed by atoms with E-state index in [0.717, 1.165) is 58.3 Å². The molecular weight excluding hydrogens is 268 g/mol. The number of rotatable bonds is 4. The minimum Gasteiger partial charge on any atom is -0.352 e. The summed E-state index contributed by atoms with van der Waals surface area (Å²) in [7, 11) is 0. The van der Waals surface area contributed by atoms with Crippen molar-refractivity contribution in [2.24, 2.45) is 17.1 Å². The van der Waals surface area contributed by atoms with E-state index in [1.807, 2.05) is 4.90 Å². The minimum atomic E-state index is -0.484. The number of piperidine rings is 2. The predicted octanol–water partition coefficient (Wildman–Crippen LogP) is 0.673. The van der Waals surface area contributed by atoms with E-state index in [4.69, 9.17) is 5.73 Å². The van der Waals surface area contributed by atoms with Crippen molar-refractivity contribution in [1.82, 2.24) is 15.5 Å². The zero-order chi connectivity index (χ0) is 15.3. The van der Waals surface area contributed by atoms with Gasteiger partial charge >= 0.3 is 6.03 Å². The van der Waals surface area contributed by atoms with Crippen molar-refractivity contribution in [2.45, 2.75) is 39.0 Å². The van der Waals surface area contributed by atoms with E-state index < -0.39 is 6.03 Å². The van der Waals surface area contributed by atoms with Crippen LogP contribution in [0.1, 0.15) is 39.0 Å². The number of urea groups is 1. The summed E-state index contributed by atoms with van der Waals surface area (Å²) in [6.07, 6.45) is 4.83. The van der Waals surface area contributed by atoms with Gasteiger partial charge in [0.05, 0.1) is 5.41 Å². The molecule has 2 rings (SSSR count). The molecule has 2 fully saturated rings. The molecule has 3 amide bonds. The number of amides is 3. The Hall–Kier alpha value is -1.30. The van der Waals surface area contributed by atoms with Crippen molar-refractivity contribution in [3.05, 3.63) is 0 Å². The predicted molar refractivity (Wildman–Crippen MR) is 81.7 cm³/mol. The third-order valence-corrected chi connectivity index (χ3v) is 5.06. The maximum atomic E-state index is 13.0. The molecule has 21 heavy (non-hydrogen) atoms. The zero-order valence-electron chi connectivity index (χ0n) is 13.0. The topological polar surface area (TPSA) is 87.5 Å². The number of nitrogens with two attached hydrogens (primary N) is 1. The first kappa shape index (κ1) is 16.1. The Morgan fingerprint density at radius 1 is 1.38 bits per heavy atom. The fourth-order valence-electron chi connectivity index (χ4n) is 3.62. The van der Waals surface area contributed by atoms with Gasteiger partial charge in [-0.1, -0.05) is 6.92 Å². The Morgan fingerprint density at radius 2 is 2.10 bits per heavy atom. The number of nitrogens with zero attached hydrogens (tertiary/aromatic N) is 1. The summed E-state index contributed by atoms with van der Waals surface area (Å²) in [5.41, 5.74) is 4.95. The van der Waals surface area contributed by atoms with E-state index in [-0.39, 0.29) is 5.41 Å². The quantitative estimate of drug-likeness (QED) is 0.712. The molecule has 2 saturated heterocycles. The molecule has 0 aliphatic carbocycles. The lowest BCUT2D eigenvalue weighted by Crippen LogP contribution is -2.52. The molecule has 6 heteroatoms. The monoisotopic (exact) mass is 296 g/mol. The molecule has 0 aromatic heterocycles. The molecule has 6 nitrogen and oxygen atoms in total. The van der Waals surface area contributed by atoms with E-state index in [2.05, 4.69) is 17.6 Å². The summed E-state index contributed by atoms with van der Waals surface area (Å²) in [5, 5.41) is 6.01. The molecule has 2 heterocycles. The van der Waals surface area contributed by atoms with Gasteiger partial charge in [0.1, 0.15) is 0 Å². The fraction of sp³-hybridized carbons (Fsp3) is 0.867. The number of nitrogens with one attached hydrogen (secondary N) is 2. The molecule has 120 valence electrons. The number of hydrogen-bond donors (Lipinski definition) is 3. The van der Waals surface area contributed by atoms with Crippen LogP contribution < -0.4 is 16.4 Å². The van der Waals surface area contributed by atoms with Crippen LogP contribution in [0.4, 0.5) is 4.79 Å². The summed E-state index contributed by atoms with van der Waals surface area (Å²) in [4.78, 5) is 25.8. The van der Waals surface area contributed by atoms with Crippen molar-refractivity contribution >= 4 is 11.9 Å². The number of likely N-dealkylation sites (tertiary alicyclic amines) is 1. The van der Waals surface area contributed by atoms with E-state index in [0.29, 0.717) is 18.4 Å². The highest BCUT2D eigenvalue weighted by Gasteiger charge is 2.41. The summed E-state index contributed by atoms with van der Waals surface area (Å²) < 4.78 is 0. The van der Waals surface area contributed by atoms with Crippen molar-refractivity contribution in [3.63, 3.8) is 0 Å². The largest absolute Gasteiger partial charge is 0.352 e. The third-order valence-electron chi connectivity index (χ3n) is 5.06. The van der Waals surface area contributed by atoms with Gasteiger partial charge in [-0.05, 0) is 51.1 Å². The second-order valence-electron chi connectivity index (χ2n) is 6.39. The number of primary amides is 1. The van der Waals surface area contributed by atoms with Gasteiger partial charge in [-0.25, -0.2) is 4.79 Å². The van der Waals surface area contributed by atoms with Crippen molar-refractivity contribution in [3.8, 4) is 0 Å². The second kappa shape index (κ2) is 7.11. The highest BCUT2D eigenvalue weighted by atomic mass is 16.2. The van der Waals surface area contributed by atoms with Gasteiger partial charge in [-0.3, -0.25) is 4.79 Å². The minimum absolute atomic E-state index is 0.176. The molecule has 0 spiro atoms. The highest BCUT2D eigenvalue weighted by Crippen LogP contribution is 2.35. The molecule has 1 unspecified atom stereocenters. The van der Waals surface area contributed by atoms with Gasteiger partial charge in [-0.2, -0.15) is 0 Å². The average Bonchev–Trinajstić information content (AvgIpc) is 2.53. The van der Waals surface area contributed by atoms with Gasteiger partial charge in [0.2, 0.25) is 5.91 Å². The first-order valence-corrected chi connectivity index (χ1v) is 8.11. The molecule has 0 aromatic rings. The zero-order valence-corrected chi connectivity index (χ0v) is 13.0. The van der Waals surface area contributed by atoms with Gasteiger partial charge in [-0.15, -0.1) is 0 Å². The van der Waals surface area contributed by atoms with Crippen LogP contribution in [0.3, 0.4) is 0 Å². The van der Waals surface area contributed by atoms with Crippen LogP contribution in [0, 0.1) is 11.3 Å². The number of hydrogen-bond acceptors (Lipinski definition) is 3. The maximum Gasteiger partial charge on any atom is 0.312 e. The highest BCUT2D eigenvalue weighted by molar-refractivity contribution is 5.83. The van der Waals surface area contributed by atoms with Crippen LogP contribution in [-0.4, -0.2) is 49.6 Å². The van der Waals surface area contributed by atoms with E-state index in [9.17, 15) is 9.59 Å². The Bertz CT molecular complexity index is 380. The van der Waals surface area contributed by atoms with Crippen LogP contribution in [0.15, 0.2) is 0 Å². The molecular formula is C15H28N4O2. The van der Waals surface area contributed by atoms with Gasteiger partial charge < -0.3 is 21.3 Å². The van der Waals surface area contributed by atoms with Crippen LogP contribution in [0.25, 0.3) is 0 Å². The summed E-state index contributed by atoms with van der Waals surface area (Å²) >= 11 is 0. The van der Waals surface area contributed by atoms with Crippen molar-refractivity contribution < 1.29 is 9.59 Å². The lowest BCUT2D eigenvalue weighted by molar-refractivity contribution is -0.146. The number of carbonyl (C=O) groups excluding carboxylic acids is 2. The fourth-order valence-corrected chi connectivity index (χ4v) is 3.62. The molecule has 0 saturated carbocycles. The molecule has 0 bridgehead atoms. The average molecular weight is 296 g/mol. The van der Waals surface area contributed by atoms with Crippen molar-refractivity contribution in [1.29, 1.82) is 0 Å². The van der Waals surface area contributed by atoms with Crippen LogP contribution in [0.2, 0.25) is 0 Å². The Morgan fingerprint density at radius 3 is 2.71 bits per heavy atom. The molecule has 1 atom stereocenters. The van der Waals surface area contributed by atoms with Crippen LogP contribution in [-0.2, 0) is 4.79 Å². The Kier molecular flexibility index (Phi) is 5.45. The molecule has 0 radical (unpaired) electrons. The Balaban J connectivity index is 1.95. The lowest BCUT2D eigenvalue weighted by Gasteiger charge is -2.42. The SMILES string of the molecule is CCC1(C(=O)N2CCCC(CNC(N)=O)C2)CCNCC1. The summed E-state index contributed by atoms with van der Waals surface area (Å²) in [5.74, 6) is 0.640. The third kappa shape index (κ3) is 3.87. The molecule has 0 aromatic carbocycles. The second-order valence-corrected chi connectivity index (χ2v) is 6.39. The normalized spacial score (nSPS) is 25.4. The maximum absolute atomic E-state index is 13.0. The standard InChI is InChI=1S/C15H28N4O2/c1-2-15(5-7-17-8-6-15)13(20)19-9-3-4-12(11-19)10-18-14(16)21/h12,17H,2-11H2,1H3,(H3,16,18,21). The smallest absolute Gasteiger partial charge is 0.312 e. The Labute approximate surface area is 126 Å². The van der Waals surface area contributed by atoms with Gasteiger partial charge in [0.25, 0.3) is 0 Å². The molecule has 2 aliphatic heterocycles. The number of carbonyl (C=O) groups is 2. The first-order chi connectivity index (χ1) is 10.1. The van der Waals surface area contributed by atoms with Crippen molar-refractivity contribution in [2.75, 3.05) is 32.7 Å². The lowest BCUT2D eigenvalue weighted by atomic mass is 9.75. The van der Waals surface area contributed by atoms with E-state index >= 15 is 0 Å². The summed E-state index contributed by atoms with van der Waals surface area (Å²) in [6.45, 7) is 6.15. The van der Waals surface area contributed by atoms with E-state index in [1.54, 1.807) is 0 Å². The molecule has 2 aliphatic rings. The first-order valence-electron chi connectivity index (χ1n) is 8.11. The van der Waals surface area contributed by atoms with Gasteiger partial charge in [0.15, 0.2) is 0 Å². The molecule has 4 N–H and O–H groups in total. The van der Waals surface area contributed by atoms with Gasteiger partial charge in [0, 0.05) is 19.6 Å². The van der Waals surface area contributed by atoms with Crippen LogP contribution >= 0.6 is 0 Å².